The maximum absolute atomic E-state index is 14.0. The number of hydrogen-bond donors (Lipinski definition) is 0. The van der Waals surface area contributed by atoms with Crippen LogP contribution in [0.3, 0.4) is 0 Å². The predicted molar refractivity (Wildman–Crippen MR) is 174 cm³/mol. The van der Waals surface area contributed by atoms with E-state index in [4.69, 9.17) is 32.8 Å². The van der Waals surface area contributed by atoms with Crippen LogP contribution in [0.5, 0.6) is 34.5 Å². The summed E-state index contributed by atoms with van der Waals surface area (Å²) < 4.78 is 41.7. The van der Waals surface area contributed by atoms with Crippen molar-refractivity contribution >= 4 is 40.3 Å². The van der Waals surface area contributed by atoms with Gasteiger partial charge in [0.2, 0.25) is 22.1 Å². The number of thioether (sulfide) groups is 1. The second-order valence-electron chi connectivity index (χ2n) is 9.36. The monoisotopic (exact) mass is 652 g/mol. The van der Waals surface area contributed by atoms with E-state index in [0.29, 0.717) is 57.5 Å². The molecule has 0 saturated carbocycles. The third-order valence-electron chi connectivity index (χ3n) is 6.65. The molecule has 2 aromatic carbocycles. The highest BCUT2D eigenvalue weighted by atomic mass is 32.2. The molecule has 45 heavy (non-hydrogen) atoms. The van der Waals surface area contributed by atoms with Crippen LogP contribution >= 0.6 is 23.1 Å². The van der Waals surface area contributed by atoms with Gasteiger partial charge in [-0.05, 0) is 36.9 Å². The van der Waals surface area contributed by atoms with Gasteiger partial charge in [0, 0.05) is 28.3 Å². The number of ether oxygens (including phenoxy) is 6. The number of aryl methyl sites for hydroxylation is 1. The quantitative estimate of drug-likeness (QED) is 0.0807. The Bertz CT molecular complexity index is 1840. The average molecular weight is 653 g/mol. The van der Waals surface area contributed by atoms with Crippen molar-refractivity contribution in [2.24, 2.45) is 5.10 Å². The van der Waals surface area contributed by atoms with E-state index < -0.39 is 5.43 Å². The maximum Gasteiger partial charge on any atom is 0.239 e. The fraction of sp³-hybridized carbons (Fsp3) is 0.290. The Kier molecular flexibility index (Phi) is 10.1. The van der Waals surface area contributed by atoms with Crippen LogP contribution in [-0.2, 0) is 0 Å². The van der Waals surface area contributed by atoms with Crippen LogP contribution in [0.1, 0.15) is 17.1 Å². The van der Waals surface area contributed by atoms with E-state index in [9.17, 15) is 4.79 Å². The summed E-state index contributed by atoms with van der Waals surface area (Å²) in [5, 5.41) is 15.8. The second kappa shape index (κ2) is 14.4. The molecule has 3 heterocycles. The molecule has 3 aromatic heterocycles. The van der Waals surface area contributed by atoms with Crippen molar-refractivity contribution in [3.8, 4) is 45.8 Å². The summed E-state index contributed by atoms with van der Waals surface area (Å²) in [7, 11) is 7.54. The molecular weight excluding hydrogens is 620 g/mol. The number of hydrogen-bond acceptors (Lipinski definition) is 13. The van der Waals surface area contributed by atoms with E-state index in [1.165, 1.54) is 47.3 Å². The molecule has 0 fully saturated rings. The molecule has 0 atom stereocenters. The third-order valence-corrected chi connectivity index (χ3v) is 8.46. The smallest absolute Gasteiger partial charge is 0.239 e. The van der Waals surface area contributed by atoms with Crippen LogP contribution in [0.4, 0.5) is 0 Å². The summed E-state index contributed by atoms with van der Waals surface area (Å²) in [5.74, 6) is 3.46. The molecule has 236 valence electrons. The standard InChI is InChI=1S/C31H32N4O8S2/c1-18-33-34-31(35(18)32-17-21-9-7-11-44-21)45-12-8-10-42-30-27(36)26-22(38-3)15-20(37-2)16-23(26)43-28(30)19-13-24(39-4)29(41-6)25(14-19)40-5/h7,9,11,13-17H,8,10,12H2,1-6H3. The van der Waals surface area contributed by atoms with Crippen LogP contribution in [-0.4, -0.2) is 69.0 Å². The van der Waals surface area contributed by atoms with Crippen LogP contribution in [0.25, 0.3) is 22.3 Å². The van der Waals surface area contributed by atoms with Gasteiger partial charge in [-0.3, -0.25) is 4.79 Å². The Morgan fingerprint density at radius 1 is 0.956 bits per heavy atom. The first-order valence-electron chi connectivity index (χ1n) is 13.7. The highest BCUT2D eigenvalue weighted by Gasteiger charge is 2.24. The van der Waals surface area contributed by atoms with E-state index in [0.717, 1.165) is 4.88 Å². The average Bonchev–Trinajstić information content (AvgIpc) is 3.72. The molecule has 5 aromatic rings. The van der Waals surface area contributed by atoms with E-state index >= 15 is 0 Å². The minimum Gasteiger partial charge on any atom is -0.496 e. The molecule has 14 heteroatoms. The Morgan fingerprint density at radius 3 is 2.36 bits per heavy atom. The molecule has 0 aliphatic rings. The molecule has 0 spiro atoms. The fourth-order valence-corrected chi connectivity index (χ4v) is 5.92. The fourth-order valence-electron chi connectivity index (χ4n) is 4.49. The maximum atomic E-state index is 14.0. The van der Waals surface area contributed by atoms with Gasteiger partial charge in [0.15, 0.2) is 23.1 Å². The molecule has 0 aliphatic heterocycles. The summed E-state index contributed by atoms with van der Waals surface area (Å²) in [6.45, 7) is 2.06. The Hall–Kier alpha value is -4.69. The first-order valence-corrected chi connectivity index (χ1v) is 15.6. The zero-order valence-electron chi connectivity index (χ0n) is 25.6. The van der Waals surface area contributed by atoms with Gasteiger partial charge in [0.05, 0.1) is 48.4 Å². The second-order valence-corrected chi connectivity index (χ2v) is 11.4. The van der Waals surface area contributed by atoms with Gasteiger partial charge in [-0.15, -0.1) is 21.5 Å². The summed E-state index contributed by atoms with van der Waals surface area (Å²) in [6, 6.07) is 10.6. The highest BCUT2D eigenvalue weighted by molar-refractivity contribution is 7.99. The topological polar surface area (TPSA) is 129 Å². The van der Waals surface area contributed by atoms with Gasteiger partial charge in [0.25, 0.3) is 0 Å². The Balaban J connectivity index is 1.44. The number of nitrogens with zero attached hydrogens (tertiary/aromatic N) is 4. The molecule has 0 saturated heterocycles. The van der Waals surface area contributed by atoms with Crippen molar-refractivity contribution in [3.63, 3.8) is 0 Å². The molecule has 5 rings (SSSR count). The van der Waals surface area contributed by atoms with Gasteiger partial charge in [-0.25, -0.2) is 0 Å². The summed E-state index contributed by atoms with van der Waals surface area (Å²) in [5.41, 5.74) is 0.355. The first kappa shape index (κ1) is 31.7. The lowest BCUT2D eigenvalue weighted by atomic mass is 10.1. The molecule has 12 nitrogen and oxygen atoms in total. The zero-order valence-corrected chi connectivity index (χ0v) is 27.2. The van der Waals surface area contributed by atoms with Crippen molar-refractivity contribution in [1.29, 1.82) is 0 Å². The van der Waals surface area contributed by atoms with Gasteiger partial charge >= 0.3 is 0 Å². The molecule has 0 aliphatic carbocycles. The van der Waals surface area contributed by atoms with E-state index in [1.54, 1.807) is 46.5 Å². The number of benzene rings is 2. The van der Waals surface area contributed by atoms with Crippen molar-refractivity contribution in [3.05, 3.63) is 62.7 Å². The molecular formula is C31H32N4O8S2. The van der Waals surface area contributed by atoms with Crippen LogP contribution in [0, 0.1) is 6.92 Å². The lowest BCUT2D eigenvalue weighted by molar-refractivity contribution is 0.309. The van der Waals surface area contributed by atoms with E-state index in [1.807, 2.05) is 24.4 Å². The van der Waals surface area contributed by atoms with Crippen molar-refractivity contribution in [2.75, 3.05) is 47.9 Å². The number of thiophene rings is 1. The van der Waals surface area contributed by atoms with Crippen molar-refractivity contribution in [2.45, 2.75) is 18.5 Å². The molecule has 0 N–H and O–H groups in total. The van der Waals surface area contributed by atoms with E-state index in [2.05, 4.69) is 15.3 Å². The first-order chi connectivity index (χ1) is 21.9. The summed E-state index contributed by atoms with van der Waals surface area (Å²) >= 11 is 3.08. The lowest BCUT2D eigenvalue weighted by Gasteiger charge is -2.17. The van der Waals surface area contributed by atoms with Crippen LogP contribution in [0.15, 0.2) is 61.2 Å². The predicted octanol–water partition coefficient (Wildman–Crippen LogP) is 5.91. The minimum absolute atomic E-state index is 0.0183. The van der Waals surface area contributed by atoms with Gasteiger partial charge in [0.1, 0.15) is 22.5 Å². The number of aromatic nitrogens is 3. The summed E-state index contributed by atoms with van der Waals surface area (Å²) in [4.78, 5) is 15.0. The lowest BCUT2D eigenvalue weighted by Crippen LogP contribution is -2.13. The Morgan fingerprint density at radius 2 is 1.71 bits per heavy atom. The minimum atomic E-state index is -0.398. The normalized spacial score (nSPS) is 11.2. The van der Waals surface area contributed by atoms with Crippen molar-refractivity contribution in [1.82, 2.24) is 14.9 Å². The van der Waals surface area contributed by atoms with Crippen LogP contribution in [0.2, 0.25) is 0 Å². The Labute approximate surface area is 267 Å². The number of rotatable bonds is 14. The SMILES string of the molecule is COc1cc(OC)c2c(=O)c(OCCCSc3nnc(C)n3N=Cc3cccs3)c(-c3cc(OC)c(OC)c(OC)c3)oc2c1. The van der Waals surface area contributed by atoms with E-state index in [-0.39, 0.29) is 29.1 Å². The van der Waals surface area contributed by atoms with Crippen molar-refractivity contribution < 1.29 is 32.8 Å². The van der Waals surface area contributed by atoms with Gasteiger partial charge in [-0.2, -0.15) is 9.78 Å². The van der Waals surface area contributed by atoms with Gasteiger partial charge in [-0.1, -0.05) is 17.8 Å². The molecule has 0 radical (unpaired) electrons. The largest absolute Gasteiger partial charge is 0.496 e. The van der Waals surface area contributed by atoms with Crippen LogP contribution < -0.4 is 33.8 Å². The third kappa shape index (κ3) is 6.71. The van der Waals surface area contributed by atoms with Gasteiger partial charge < -0.3 is 32.8 Å². The summed E-state index contributed by atoms with van der Waals surface area (Å²) in [6.07, 6.45) is 2.36. The molecule has 0 unspecified atom stereocenters. The molecule has 0 bridgehead atoms. The highest BCUT2D eigenvalue weighted by Crippen LogP contribution is 2.44. The zero-order chi connectivity index (χ0) is 31.9. The molecule has 0 amide bonds. The number of fused-ring (bicyclic) bond motifs is 1. The number of methoxy groups -OCH3 is 5.